The van der Waals surface area contributed by atoms with Crippen LogP contribution in [0.5, 0.6) is 0 Å². The fourth-order valence-corrected chi connectivity index (χ4v) is 4.49. The first-order chi connectivity index (χ1) is 17.5. The predicted octanol–water partition coefficient (Wildman–Crippen LogP) is 5.19. The van der Waals surface area contributed by atoms with Gasteiger partial charge in [0.1, 0.15) is 11.3 Å². The number of pyridine rings is 1. The van der Waals surface area contributed by atoms with Crippen LogP contribution in [0.1, 0.15) is 22.8 Å². The molecule has 36 heavy (non-hydrogen) atoms. The van der Waals surface area contributed by atoms with E-state index in [1.54, 1.807) is 53.7 Å². The monoisotopic (exact) mass is 481 g/mol. The summed E-state index contributed by atoms with van der Waals surface area (Å²) >= 11 is 0. The van der Waals surface area contributed by atoms with Gasteiger partial charge in [0.2, 0.25) is 5.91 Å². The molecule has 0 saturated carbocycles. The Morgan fingerprint density at radius 1 is 1.14 bits per heavy atom. The van der Waals surface area contributed by atoms with Crippen LogP contribution < -0.4 is 10.2 Å². The summed E-state index contributed by atoms with van der Waals surface area (Å²) in [5, 5.41) is 2.70. The van der Waals surface area contributed by atoms with E-state index in [1.165, 1.54) is 13.0 Å². The number of hydrogen-bond acceptors (Lipinski definition) is 5. The number of anilines is 2. The molecule has 8 nitrogen and oxygen atoms in total. The molecule has 0 unspecified atom stereocenters. The van der Waals surface area contributed by atoms with Crippen LogP contribution in [0.2, 0.25) is 0 Å². The fourth-order valence-electron chi connectivity index (χ4n) is 4.49. The van der Waals surface area contributed by atoms with Crippen LogP contribution in [-0.4, -0.2) is 33.3 Å². The van der Waals surface area contributed by atoms with Gasteiger partial charge in [0, 0.05) is 42.0 Å². The molecule has 1 aliphatic rings. The van der Waals surface area contributed by atoms with Crippen LogP contribution in [0, 0.1) is 5.82 Å². The van der Waals surface area contributed by atoms with Crippen molar-refractivity contribution in [2.24, 2.45) is 0 Å². The number of nitrogens with zero attached hydrogens (tertiary/aromatic N) is 3. The number of rotatable bonds is 3. The van der Waals surface area contributed by atoms with Crippen LogP contribution in [-0.2, 0) is 11.2 Å². The van der Waals surface area contributed by atoms with Crippen LogP contribution in [0.25, 0.3) is 33.9 Å². The molecule has 4 heterocycles. The number of hydrogen-bond donors (Lipinski definition) is 2. The van der Waals surface area contributed by atoms with E-state index >= 15 is 0 Å². The minimum atomic E-state index is -0.404. The maximum Gasteiger partial charge on any atom is 0.258 e. The minimum absolute atomic E-state index is 0.178. The molecule has 2 amide bonds. The van der Waals surface area contributed by atoms with E-state index in [9.17, 15) is 14.0 Å². The summed E-state index contributed by atoms with van der Waals surface area (Å²) in [6, 6.07) is 15.2. The third-order valence-corrected chi connectivity index (χ3v) is 6.14. The zero-order chi connectivity index (χ0) is 24.8. The van der Waals surface area contributed by atoms with Gasteiger partial charge in [-0.1, -0.05) is 6.07 Å². The van der Waals surface area contributed by atoms with Crippen molar-refractivity contribution in [1.82, 2.24) is 15.0 Å². The van der Waals surface area contributed by atoms with Crippen LogP contribution >= 0.6 is 0 Å². The molecule has 2 aromatic carbocycles. The van der Waals surface area contributed by atoms with Gasteiger partial charge < -0.3 is 19.6 Å². The Labute approximate surface area is 204 Å². The van der Waals surface area contributed by atoms with Gasteiger partial charge in [-0.15, -0.1) is 0 Å². The Hall–Kier alpha value is -4.79. The summed E-state index contributed by atoms with van der Waals surface area (Å²) in [6.45, 7) is 1.84. The molecule has 0 aliphatic carbocycles. The number of halogens is 1. The number of para-hydroxylation sites is 1. The molecule has 5 aromatic rings. The first kappa shape index (κ1) is 21.7. The van der Waals surface area contributed by atoms with Gasteiger partial charge >= 0.3 is 0 Å². The van der Waals surface area contributed by atoms with Crippen molar-refractivity contribution in [3.8, 4) is 22.9 Å². The number of benzene rings is 2. The number of aromatic amines is 1. The fraction of sp³-hybridized carbons (Fsp3) is 0.111. The number of imidazole rings is 1. The number of H-pyrrole nitrogens is 1. The molecule has 178 valence electrons. The first-order valence-electron chi connectivity index (χ1n) is 11.4. The van der Waals surface area contributed by atoms with Crippen molar-refractivity contribution in [3.63, 3.8) is 0 Å². The molecule has 0 bridgehead atoms. The van der Waals surface area contributed by atoms with Gasteiger partial charge in [-0.05, 0) is 55.0 Å². The Kier molecular flexibility index (Phi) is 5.10. The van der Waals surface area contributed by atoms with Crippen LogP contribution in [0.3, 0.4) is 0 Å². The second kappa shape index (κ2) is 8.46. The Balaban J connectivity index is 1.36. The number of carbonyl (C=O) groups is 2. The lowest BCUT2D eigenvalue weighted by molar-refractivity contribution is -0.114. The summed E-state index contributed by atoms with van der Waals surface area (Å²) in [4.78, 5) is 38.2. The van der Waals surface area contributed by atoms with Gasteiger partial charge in [0.15, 0.2) is 17.4 Å². The highest BCUT2D eigenvalue weighted by Gasteiger charge is 2.28. The standard InChI is InChI=1S/C27H20FN5O3/c1-15(34)30-18-7-5-16(6-8-18)27(35)33-12-10-17-13-23(36-25(17)19-9-11-29-14-22(19)33)26-31-21-4-2-3-20(28)24(21)32-26/h2-9,11,13-14H,10,12H2,1H3,(H,30,34)(H,31,32). The van der Waals surface area contributed by atoms with E-state index in [4.69, 9.17) is 4.42 Å². The van der Waals surface area contributed by atoms with E-state index < -0.39 is 5.82 Å². The molecular weight excluding hydrogens is 461 g/mol. The van der Waals surface area contributed by atoms with E-state index in [-0.39, 0.29) is 17.3 Å². The zero-order valence-electron chi connectivity index (χ0n) is 19.2. The maximum absolute atomic E-state index is 14.2. The van der Waals surface area contributed by atoms with Crippen molar-refractivity contribution in [1.29, 1.82) is 0 Å². The highest BCUT2D eigenvalue weighted by atomic mass is 19.1. The van der Waals surface area contributed by atoms with E-state index in [2.05, 4.69) is 20.3 Å². The number of nitrogens with one attached hydrogen (secondary N) is 2. The maximum atomic E-state index is 14.2. The first-order valence-corrected chi connectivity index (χ1v) is 11.4. The number of aromatic nitrogens is 3. The Bertz CT molecular complexity index is 1640. The summed E-state index contributed by atoms with van der Waals surface area (Å²) < 4.78 is 20.4. The average molecular weight is 481 g/mol. The highest BCUT2D eigenvalue weighted by Crippen LogP contribution is 2.40. The van der Waals surface area contributed by atoms with Crippen LogP contribution in [0.4, 0.5) is 15.8 Å². The molecule has 3 aromatic heterocycles. The Morgan fingerprint density at radius 3 is 2.75 bits per heavy atom. The smallest absolute Gasteiger partial charge is 0.258 e. The molecule has 0 atom stereocenters. The Morgan fingerprint density at radius 2 is 1.97 bits per heavy atom. The molecule has 0 spiro atoms. The van der Waals surface area contributed by atoms with Crippen LogP contribution in [0.15, 0.2) is 71.4 Å². The predicted molar refractivity (Wildman–Crippen MR) is 133 cm³/mol. The van der Waals surface area contributed by atoms with Crippen molar-refractivity contribution in [2.75, 3.05) is 16.8 Å². The normalized spacial score (nSPS) is 12.7. The topological polar surface area (TPSA) is 104 Å². The highest BCUT2D eigenvalue weighted by molar-refractivity contribution is 6.08. The number of fused-ring (bicyclic) bond motifs is 4. The SMILES string of the molecule is CC(=O)Nc1ccc(C(=O)N2CCc3cc(-c4nc5c(F)cccc5[nH]4)oc3-c3ccncc32)cc1. The number of furan rings is 1. The molecular formula is C27H20FN5O3. The van der Waals surface area contributed by atoms with Crippen molar-refractivity contribution in [2.45, 2.75) is 13.3 Å². The third kappa shape index (κ3) is 3.70. The molecule has 0 saturated heterocycles. The van der Waals surface area contributed by atoms with Crippen molar-refractivity contribution >= 4 is 34.2 Å². The van der Waals surface area contributed by atoms with Crippen molar-refractivity contribution in [3.05, 3.63) is 83.9 Å². The second-order valence-electron chi connectivity index (χ2n) is 8.54. The van der Waals surface area contributed by atoms with Gasteiger partial charge in [-0.25, -0.2) is 9.37 Å². The molecule has 2 N–H and O–H groups in total. The zero-order valence-corrected chi connectivity index (χ0v) is 19.2. The number of carbonyl (C=O) groups excluding carboxylic acids is 2. The average Bonchev–Trinajstić information content (AvgIpc) is 3.47. The van der Waals surface area contributed by atoms with Crippen molar-refractivity contribution < 1.29 is 18.4 Å². The number of amides is 2. The van der Waals surface area contributed by atoms with Gasteiger partial charge in [0.05, 0.1) is 17.4 Å². The van der Waals surface area contributed by atoms with E-state index in [0.29, 0.717) is 52.8 Å². The van der Waals surface area contributed by atoms with Gasteiger partial charge in [-0.2, -0.15) is 0 Å². The lowest BCUT2D eigenvalue weighted by Crippen LogP contribution is -2.32. The molecule has 6 rings (SSSR count). The molecule has 9 heteroatoms. The molecule has 0 fully saturated rings. The minimum Gasteiger partial charge on any atom is -0.452 e. The van der Waals surface area contributed by atoms with Gasteiger partial charge in [-0.3, -0.25) is 14.6 Å². The van der Waals surface area contributed by atoms with Gasteiger partial charge in [0.25, 0.3) is 5.91 Å². The molecule has 1 aliphatic heterocycles. The lowest BCUT2D eigenvalue weighted by Gasteiger charge is -2.22. The summed E-state index contributed by atoms with van der Waals surface area (Å²) in [5.74, 6) is 0.787. The lowest BCUT2D eigenvalue weighted by atomic mass is 10.1. The quantitative estimate of drug-likeness (QED) is 0.369. The van der Waals surface area contributed by atoms with E-state index in [1.807, 2.05) is 12.1 Å². The summed E-state index contributed by atoms with van der Waals surface area (Å²) in [7, 11) is 0. The second-order valence-corrected chi connectivity index (χ2v) is 8.54. The summed E-state index contributed by atoms with van der Waals surface area (Å²) in [5.41, 5.74) is 4.22. The molecule has 0 radical (unpaired) electrons. The largest absolute Gasteiger partial charge is 0.452 e. The summed E-state index contributed by atoms with van der Waals surface area (Å²) in [6.07, 6.45) is 3.84. The third-order valence-electron chi connectivity index (χ3n) is 6.14. The van der Waals surface area contributed by atoms with E-state index in [0.717, 1.165) is 11.1 Å².